The molecule has 0 amide bonds. The van der Waals surface area contributed by atoms with Crippen molar-refractivity contribution in [2.45, 2.75) is 18.4 Å². The summed E-state index contributed by atoms with van der Waals surface area (Å²) in [7, 11) is -4.17. The van der Waals surface area contributed by atoms with Crippen molar-refractivity contribution in [2.75, 3.05) is 0 Å². The van der Waals surface area contributed by atoms with E-state index in [4.69, 9.17) is 0 Å². The average Bonchev–Trinajstić information content (AvgIpc) is 2.46. The molecule has 0 aromatic heterocycles. The van der Waals surface area contributed by atoms with E-state index in [9.17, 15) is 22.7 Å². The molecule has 0 heterocycles. The highest BCUT2D eigenvalue weighted by Crippen LogP contribution is 2.16. The summed E-state index contributed by atoms with van der Waals surface area (Å²) in [6.07, 6.45) is 0. The predicted molar refractivity (Wildman–Crippen MR) is 75.9 cm³/mol. The van der Waals surface area contributed by atoms with Crippen molar-refractivity contribution in [1.82, 2.24) is 4.72 Å². The Morgan fingerprint density at radius 2 is 1.82 bits per heavy atom. The number of aryl methyl sites for hydroxylation is 1. The first-order valence-corrected chi connectivity index (χ1v) is 7.84. The van der Waals surface area contributed by atoms with Gasteiger partial charge in [-0.1, -0.05) is 35.9 Å². The van der Waals surface area contributed by atoms with Crippen LogP contribution in [0.5, 0.6) is 0 Å². The van der Waals surface area contributed by atoms with Gasteiger partial charge in [-0.05, 0) is 30.2 Å². The predicted octanol–water partition coefficient (Wildman–Crippen LogP) is 0.976. The number of sulfonamides is 1. The van der Waals surface area contributed by atoms with Gasteiger partial charge in [-0.25, -0.2) is 17.5 Å². The first-order valence-electron chi connectivity index (χ1n) is 6.36. The number of carbonyl (C=O) groups excluding carboxylic acids is 1. The summed E-state index contributed by atoms with van der Waals surface area (Å²) in [6.45, 7) is 1.87. The van der Waals surface area contributed by atoms with E-state index in [0.717, 1.165) is 23.8 Å². The minimum Gasteiger partial charge on any atom is -0.545 e. The number of aromatic carboxylic acids is 1. The molecule has 0 unspecified atom stereocenters. The third-order valence-electron chi connectivity index (χ3n) is 3.04. The number of halogens is 1. The average molecular weight is 322 g/mol. The van der Waals surface area contributed by atoms with Gasteiger partial charge < -0.3 is 9.90 Å². The Morgan fingerprint density at radius 1 is 1.18 bits per heavy atom. The molecule has 0 spiro atoms. The zero-order valence-corrected chi connectivity index (χ0v) is 12.5. The lowest BCUT2D eigenvalue weighted by molar-refractivity contribution is -0.255. The fourth-order valence-electron chi connectivity index (χ4n) is 1.80. The van der Waals surface area contributed by atoms with E-state index >= 15 is 0 Å². The number of hydrogen-bond donors (Lipinski definition) is 1. The Balaban J connectivity index is 2.25. The van der Waals surface area contributed by atoms with Gasteiger partial charge in [0.25, 0.3) is 0 Å². The van der Waals surface area contributed by atoms with E-state index < -0.39 is 32.3 Å². The fourth-order valence-corrected chi connectivity index (χ4v) is 2.92. The molecule has 0 radical (unpaired) electrons. The molecule has 5 nitrogen and oxygen atoms in total. The molecule has 2 aromatic rings. The van der Waals surface area contributed by atoms with Crippen LogP contribution in [0.3, 0.4) is 0 Å². The molecular weight excluding hydrogens is 309 g/mol. The van der Waals surface area contributed by atoms with Crippen LogP contribution < -0.4 is 9.83 Å². The number of rotatable bonds is 5. The summed E-state index contributed by atoms with van der Waals surface area (Å²) in [5.74, 6) is -2.60. The van der Waals surface area contributed by atoms with Crippen LogP contribution in [0, 0.1) is 12.7 Å². The SMILES string of the molecule is Cc1ccc(CNS(=O)(=O)c2cc(C(=O)[O-])ccc2F)cc1. The zero-order chi connectivity index (χ0) is 16.3. The highest BCUT2D eigenvalue weighted by molar-refractivity contribution is 7.89. The third-order valence-corrected chi connectivity index (χ3v) is 4.46. The maximum Gasteiger partial charge on any atom is 0.243 e. The van der Waals surface area contributed by atoms with Crippen molar-refractivity contribution in [3.63, 3.8) is 0 Å². The largest absolute Gasteiger partial charge is 0.545 e. The molecule has 0 atom stereocenters. The highest BCUT2D eigenvalue weighted by Gasteiger charge is 2.19. The van der Waals surface area contributed by atoms with Crippen LogP contribution in [0.25, 0.3) is 0 Å². The topological polar surface area (TPSA) is 86.3 Å². The second-order valence-electron chi connectivity index (χ2n) is 4.74. The van der Waals surface area contributed by atoms with E-state index in [1.54, 1.807) is 12.1 Å². The molecule has 7 heteroatoms. The van der Waals surface area contributed by atoms with E-state index in [0.29, 0.717) is 5.56 Å². The normalized spacial score (nSPS) is 11.4. The molecule has 2 rings (SSSR count). The van der Waals surface area contributed by atoms with Gasteiger partial charge in [-0.3, -0.25) is 0 Å². The Kier molecular flexibility index (Phi) is 4.58. The third kappa shape index (κ3) is 3.69. The summed E-state index contributed by atoms with van der Waals surface area (Å²) in [6, 6.07) is 9.59. The minimum absolute atomic E-state index is 0.0302. The fraction of sp³-hybridized carbons (Fsp3) is 0.133. The number of benzene rings is 2. The monoisotopic (exact) mass is 322 g/mol. The van der Waals surface area contributed by atoms with Crippen molar-refractivity contribution in [3.8, 4) is 0 Å². The number of carboxylic acid groups (broad SMARTS) is 1. The summed E-state index contributed by atoms with van der Waals surface area (Å²) >= 11 is 0. The molecule has 1 N–H and O–H groups in total. The molecule has 0 saturated carbocycles. The Hall–Kier alpha value is -2.25. The number of carboxylic acids is 1. The van der Waals surface area contributed by atoms with Crippen molar-refractivity contribution >= 4 is 16.0 Å². The number of nitrogens with one attached hydrogen (secondary N) is 1. The van der Waals surface area contributed by atoms with Gasteiger partial charge in [0.2, 0.25) is 10.0 Å². The van der Waals surface area contributed by atoms with Gasteiger partial charge in [0.1, 0.15) is 10.7 Å². The standard InChI is InChI=1S/C15H14FNO4S/c1-10-2-4-11(5-3-10)9-17-22(20,21)14-8-12(15(18)19)6-7-13(14)16/h2-8,17H,9H2,1H3,(H,18,19)/p-1. The van der Waals surface area contributed by atoms with E-state index in [2.05, 4.69) is 4.72 Å². The molecule has 0 bridgehead atoms. The lowest BCUT2D eigenvalue weighted by Crippen LogP contribution is -2.26. The minimum atomic E-state index is -4.17. The zero-order valence-electron chi connectivity index (χ0n) is 11.7. The van der Waals surface area contributed by atoms with Crippen LogP contribution in [0.1, 0.15) is 21.5 Å². The number of hydrogen-bond acceptors (Lipinski definition) is 4. The van der Waals surface area contributed by atoms with Gasteiger partial charge in [0, 0.05) is 6.54 Å². The molecular formula is C15H13FNO4S-. The maximum absolute atomic E-state index is 13.7. The Bertz CT molecular complexity index is 801. The second-order valence-corrected chi connectivity index (χ2v) is 6.48. The van der Waals surface area contributed by atoms with Gasteiger partial charge in [-0.15, -0.1) is 0 Å². The first-order chi connectivity index (χ1) is 10.3. The van der Waals surface area contributed by atoms with Gasteiger partial charge in [-0.2, -0.15) is 0 Å². The molecule has 0 aliphatic heterocycles. The molecule has 0 saturated heterocycles. The van der Waals surface area contributed by atoms with Crippen molar-refractivity contribution < 1.29 is 22.7 Å². The van der Waals surface area contributed by atoms with Crippen molar-refractivity contribution in [3.05, 3.63) is 65.0 Å². The van der Waals surface area contributed by atoms with Crippen LogP contribution >= 0.6 is 0 Å². The van der Waals surface area contributed by atoms with Crippen LogP contribution in [-0.2, 0) is 16.6 Å². The van der Waals surface area contributed by atoms with Crippen molar-refractivity contribution in [1.29, 1.82) is 0 Å². The molecule has 0 aliphatic carbocycles. The molecule has 0 fully saturated rings. The smallest absolute Gasteiger partial charge is 0.243 e. The van der Waals surface area contributed by atoms with Crippen LogP contribution in [0.15, 0.2) is 47.4 Å². The molecule has 22 heavy (non-hydrogen) atoms. The van der Waals surface area contributed by atoms with Gasteiger partial charge in [0.15, 0.2) is 0 Å². The van der Waals surface area contributed by atoms with E-state index in [1.165, 1.54) is 0 Å². The summed E-state index contributed by atoms with van der Waals surface area (Å²) in [5, 5.41) is 10.8. The Morgan fingerprint density at radius 3 is 2.41 bits per heavy atom. The Labute approximate surface area is 127 Å². The van der Waals surface area contributed by atoms with Gasteiger partial charge >= 0.3 is 0 Å². The lowest BCUT2D eigenvalue weighted by atomic mass is 10.2. The highest BCUT2D eigenvalue weighted by atomic mass is 32.2. The molecule has 0 aliphatic rings. The quantitative estimate of drug-likeness (QED) is 0.889. The van der Waals surface area contributed by atoms with E-state index in [-0.39, 0.29) is 6.54 Å². The van der Waals surface area contributed by atoms with Crippen LogP contribution in [0.2, 0.25) is 0 Å². The van der Waals surface area contributed by atoms with Gasteiger partial charge in [0.05, 0.1) is 5.97 Å². The van der Waals surface area contributed by atoms with E-state index in [1.807, 2.05) is 19.1 Å². The molecule has 116 valence electrons. The van der Waals surface area contributed by atoms with Crippen molar-refractivity contribution in [2.24, 2.45) is 0 Å². The van der Waals surface area contributed by atoms with Crippen LogP contribution in [-0.4, -0.2) is 14.4 Å². The summed E-state index contributed by atoms with van der Waals surface area (Å²) < 4.78 is 40.1. The molecule has 2 aromatic carbocycles. The summed E-state index contributed by atoms with van der Waals surface area (Å²) in [4.78, 5) is 10.0. The second kappa shape index (κ2) is 6.25. The maximum atomic E-state index is 13.7. The lowest BCUT2D eigenvalue weighted by Gasteiger charge is -2.10. The first kappa shape index (κ1) is 16.1. The summed E-state index contributed by atoms with van der Waals surface area (Å²) in [5.41, 5.74) is 1.32. The van der Waals surface area contributed by atoms with Crippen LogP contribution in [0.4, 0.5) is 4.39 Å². The number of carbonyl (C=O) groups is 1.